The maximum Gasteiger partial charge on any atom is 0.315 e. The van der Waals surface area contributed by atoms with E-state index in [9.17, 15) is 9.90 Å². The Morgan fingerprint density at radius 3 is 1.35 bits per heavy atom. The highest BCUT2D eigenvalue weighted by molar-refractivity contribution is 5.74. The lowest BCUT2D eigenvalue weighted by atomic mass is 9.82. The van der Waals surface area contributed by atoms with Gasteiger partial charge >= 0.3 is 6.03 Å². The Kier molecular flexibility index (Phi) is 16.0. The molecule has 272 valence electrons. The Hall–Kier alpha value is -4.05. The highest BCUT2D eigenvalue weighted by atomic mass is 16.6. The minimum absolute atomic E-state index is 0.242. The van der Waals surface area contributed by atoms with Crippen LogP contribution in [0.1, 0.15) is 67.7 Å². The molecule has 0 radical (unpaired) electrons. The summed E-state index contributed by atoms with van der Waals surface area (Å²) in [5.41, 5.74) is 3.88. The van der Waals surface area contributed by atoms with Crippen LogP contribution in [0.2, 0.25) is 0 Å². The summed E-state index contributed by atoms with van der Waals surface area (Å²) in [5.74, 6) is 0. The van der Waals surface area contributed by atoms with Crippen LogP contribution in [-0.4, -0.2) is 54.2 Å². The number of urea groups is 1. The minimum atomic E-state index is -1.17. The van der Waals surface area contributed by atoms with E-state index in [1.807, 2.05) is 121 Å². The molecule has 51 heavy (non-hydrogen) atoms. The molecule has 8 nitrogen and oxygen atoms in total. The molecule has 2 amide bonds. The van der Waals surface area contributed by atoms with Crippen molar-refractivity contribution < 1.29 is 28.8 Å². The molecule has 6 atom stereocenters. The van der Waals surface area contributed by atoms with Gasteiger partial charge in [0.1, 0.15) is 30.5 Å². The van der Waals surface area contributed by atoms with E-state index in [2.05, 4.69) is 17.6 Å². The molecule has 1 aliphatic rings. The Morgan fingerprint density at radius 2 is 0.902 bits per heavy atom. The number of aliphatic hydroxyl groups is 1. The van der Waals surface area contributed by atoms with Gasteiger partial charge in [-0.05, 0) is 28.7 Å². The zero-order valence-corrected chi connectivity index (χ0v) is 29.8. The second kappa shape index (κ2) is 21.3. The smallest absolute Gasteiger partial charge is 0.315 e. The zero-order chi connectivity index (χ0) is 35.5. The summed E-state index contributed by atoms with van der Waals surface area (Å²) in [7, 11) is 0. The predicted octanol–water partition coefficient (Wildman–Crippen LogP) is 7.73. The first-order chi connectivity index (χ1) is 25.1. The molecule has 5 rings (SSSR count). The maximum absolute atomic E-state index is 13.5. The largest absolute Gasteiger partial charge is 0.388 e. The normalized spacial score (nSPS) is 21.6. The van der Waals surface area contributed by atoms with E-state index in [1.54, 1.807) is 0 Å². The van der Waals surface area contributed by atoms with Crippen molar-refractivity contribution in [1.82, 2.24) is 10.6 Å². The average Bonchev–Trinajstić information content (AvgIpc) is 3.17. The van der Waals surface area contributed by atoms with Crippen molar-refractivity contribution in [3.63, 3.8) is 0 Å². The van der Waals surface area contributed by atoms with Crippen molar-refractivity contribution >= 4 is 6.03 Å². The maximum atomic E-state index is 13.5. The van der Waals surface area contributed by atoms with Crippen LogP contribution in [0.4, 0.5) is 4.79 Å². The third-order valence-corrected chi connectivity index (χ3v) is 9.28. The third-order valence-electron chi connectivity index (χ3n) is 9.28. The number of ether oxygens (including phenoxy) is 4. The molecule has 1 aliphatic carbocycles. The number of benzene rings is 4. The standard InChI is InChI=1S/C43H54N2O6/c1-2-3-4-5-6-19-28-44-43(47)45-37-38(46)40(49-30-34-22-13-8-14-23-34)42(51-32-36-26-17-10-18-27-36)41(50-31-35-24-15-9-16-25-35)39(37)48-29-33-20-11-7-12-21-33/h7-18,20-27,37-42,46H,2-6,19,28-32H2,1H3,(H2,44,45,47). The quantitative estimate of drug-likeness (QED) is 0.0820. The predicted molar refractivity (Wildman–Crippen MR) is 200 cm³/mol. The number of aliphatic hydroxyl groups excluding tert-OH is 1. The van der Waals surface area contributed by atoms with E-state index >= 15 is 0 Å². The van der Waals surface area contributed by atoms with Crippen LogP contribution >= 0.6 is 0 Å². The van der Waals surface area contributed by atoms with Gasteiger partial charge in [-0.25, -0.2) is 4.79 Å². The van der Waals surface area contributed by atoms with Crippen molar-refractivity contribution in [2.75, 3.05) is 6.54 Å². The molecule has 0 heterocycles. The topological polar surface area (TPSA) is 98.3 Å². The lowest BCUT2D eigenvalue weighted by molar-refractivity contribution is -0.249. The molecule has 0 aliphatic heterocycles. The van der Waals surface area contributed by atoms with Gasteiger partial charge in [-0.3, -0.25) is 0 Å². The SMILES string of the molecule is CCCCCCCCNC(=O)NC1C(O)C(OCc2ccccc2)C(OCc2ccccc2)C(OCc2ccccc2)C1OCc1ccccc1. The Bertz CT molecular complexity index is 1510. The fourth-order valence-electron chi connectivity index (χ4n) is 6.49. The van der Waals surface area contributed by atoms with Gasteiger partial charge < -0.3 is 34.7 Å². The fourth-order valence-corrected chi connectivity index (χ4v) is 6.49. The van der Waals surface area contributed by atoms with E-state index in [0.717, 1.165) is 41.5 Å². The molecular weight excluding hydrogens is 640 g/mol. The van der Waals surface area contributed by atoms with Crippen molar-refractivity contribution in [2.45, 2.75) is 108 Å². The van der Waals surface area contributed by atoms with Gasteiger partial charge in [0, 0.05) is 6.54 Å². The summed E-state index contributed by atoms with van der Waals surface area (Å²) in [6.07, 6.45) is 2.47. The van der Waals surface area contributed by atoms with E-state index in [0.29, 0.717) is 6.54 Å². The van der Waals surface area contributed by atoms with E-state index in [1.165, 1.54) is 19.3 Å². The second-order valence-corrected chi connectivity index (χ2v) is 13.2. The first kappa shape index (κ1) is 38.2. The number of carbonyl (C=O) groups excluding carboxylic acids is 1. The lowest BCUT2D eigenvalue weighted by Gasteiger charge is -2.48. The summed E-state index contributed by atoms with van der Waals surface area (Å²) < 4.78 is 26.6. The Morgan fingerprint density at radius 1 is 0.529 bits per heavy atom. The number of unbranched alkanes of at least 4 members (excludes halogenated alkanes) is 5. The Labute approximate surface area is 303 Å². The molecule has 6 unspecified atom stereocenters. The van der Waals surface area contributed by atoms with Gasteiger partial charge in [0.05, 0.1) is 32.5 Å². The molecule has 4 aromatic rings. The van der Waals surface area contributed by atoms with Crippen molar-refractivity contribution in [3.05, 3.63) is 144 Å². The van der Waals surface area contributed by atoms with Crippen LogP contribution in [-0.2, 0) is 45.4 Å². The number of nitrogens with one attached hydrogen (secondary N) is 2. The van der Waals surface area contributed by atoms with Crippen LogP contribution in [0, 0.1) is 0 Å². The van der Waals surface area contributed by atoms with E-state index in [-0.39, 0.29) is 32.5 Å². The molecule has 0 saturated heterocycles. The van der Waals surface area contributed by atoms with Crippen molar-refractivity contribution in [1.29, 1.82) is 0 Å². The van der Waals surface area contributed by atoms with E-state index in [4.69, 9.17) is 18.9 Å². The molecule has 1 fully saturated rings. The molecule has 8 heteroatoms. The molecule has 3 N–H and O–H groups in total. The zero-order valence-electron chi connectivity index (χ0n) is 29.8. The molecule has 4 aromatic carbocycles. The minimum Gasteiger partial charge on any atom is -0.388 e. The summed E-state index contributed by atoms with van der Waals surface area (Å²) in [6, 6.07) is 38.3. The summed E-state index contributed by atoms with van der Waals surface area (Å²) in [5, 5.41) is 18.3. The van der Waals surface area contributed by atoms with E-state index < -0.39 is 36.6 Å². The van der Waals surface area contributed by atoms with Crippen LogP contribution < -0.4 is 10.6 Å². The first-order valence-electron chi connectivity index (χ1n) is 18.5. The van der Waals surface area contributed by atoms with Gasteiger partial charge in [-0.2, -0.15) is 0 Å². The fraction of sp³-hybridized carbons (Fsp3) is 0.419. The van der Waals surface area contributed by atoms with Gasteiger partial charge in [0.15, 0.2) is 0 Å². The lowest BCUT2D eigenvalue weighted by Crippen LogP contribution is -2.70. The van der Waals surface area contributed by atoms with Crippen LogP contribution in [0.15, 0.2) is 121 Å². The number of hydrogen-bond donors (Lipinski definition) is 3. The van der Waals surface area contributed by atoms with Crippen molar-refractivity contribution in [2.24, 2.45) is 0 Å². The number of carbonyl (C=O) groups is 1. The van der Waals surface area contributed by atoms with Gasteiger partial charge in [-0.1, -0.05) is 160 Å². The summed E-state index contributed by atoms with van der Waals surface area (Å²) >= 11 is 0. The third kappa shape index (κ3) is 12.3. The molecule has 0 aromatic heterocycles. The van der Waals surface area contributed by atoms with Gasteiger partial charge in [0.2, 0.25) is 0 Å². The molecular formula is C43H54N2O6. The molecule has 0 spiro atoms. The van der Waals surface area contributed by atoms with Gasteiger partial charge in [-0.15, -0.1) is 0 Å². The van der Waals surface area contributed by atoms with Crippen LogP contribution in [0.25, 0.3) is 0 Å². The highest BCUT2D eigenvalue weighted by Crippen LogP contribution is 2.33. The highest BCUT2D eigenvalue weighted by Gasteiger charge is 2.53. The summed E-state index contributed by atoms with van der Waals surface area (Å²) in [4.78, 5) is 13.5. The van der Waals surface area contributed by atoms with Gasteiger partial charge in [0.25, 0.3) is 0 Å². The number of rotatable bonds is 20. The molecule has 0 bridgehead atoms. The van der Waals surface area contributed by atoms with Crippen molar-refractivity contribution in [3.8, 4) is 0 Å². The number of hydrogen-bond acceptors (Lipinski definition) is 6. The first-order valence-corrected chi connectivity index (χ1v) is 18.5. The summed E-state index contributed by atoms with van der Waals surface area (Å²) in [6.45, 7) is 3.79. The van der Waals surface area contributed by atoms with Crippen LogP contribution in [0.3, 0.4) is 0 Å². The number of amides is 2. The second-order valence-electron chi connectivity index (χ2n) is 13.2. The van der Waals surface area contributed by atoms with Crippen LogP contribution in [0.5, 0.6) is 0 Å². The molecule has 1 saturated carbocycles. The average molecular weight is 695 g/mol. The Balaban J connectivity index is 1.43. The monoisotopic (exact) mass is 694 g/mol.